The van der Waals surface area contributed by atoms with Crippen LogP contribution in [0.2, 0.25) is 0 Å². The van der Waals surface area contributed by atoms with Gasteiger partial charge >= 0.3 is 6.61 Å². The van der Waals surface area contributed by atoms with Crippen LogP contribution in [0.15, 0.2) is 71.2 Å². The molecule has 2 nitrogen and oxygen atoms in total. The van der Waals surface area contributed by atoms with E-state index in [0.29, 0.717) is 16.6 Å². The van der Waals surface area contributed by atoms with Gasteiger partial charge < -0.3 is 9.47 Å². The molecule has 3 aromatic rings. The number of aryl methyl sites for hydroxylation is 1. The summed E-state index contributed by atoms with van der Waals surface area (Å²) in [7, 11) is 0. The van der Waals surface area contributed by atoms with E-state index in [-0.39, 0.29) is 16.9 Å². The number of hydrogen-bond donors (Lipinski definition) is 0. The van der Waals surface area contributed by atoms with Gasteiger partial charge in [-0.05, 0) is 66.6 Å². The molecule has 0 atom stereocenters. The van der Waals surface area contributed by atoms with E-state index in [4.69, 9.17) is 9.47 Å². The molecular weight excluding hydrogens is 469 g/mol. The third-order valence-electron chi connectivity index (χ3n) is 5.12. The van der Waals surface area contributed by atoms with Gasteiger partial charge in [-0.15, -0.1) is 0 Å². The van der Waals surface area contributed by atoms with Gasteiger partial charge in [0, 0.05) is 10.0 Å². The highest BCUT2D eigenvalue weighted by Crippen LogP contribution is 2.38. The predicted molar refractivity (Wildman–Crippen MR) is 120 cm³/mol. The molecule has 0 spiro atoms. The highest BCUT2D eigenvalue weighted by Gasteiger charge is 2.25. The van der Waals surface area contributed by atoms with Crippen molar-refractivity contribution >= 4 is 15.9 Å². The van der Waals surface area contributed by atoms with Crippen LogP contribution in [-0.2, 0) is 11.8 Å². The fourth-order valence-electron chi connectivity index (χ4n) is 3.51. The number of ether oxygens (including phenoxy) is 2. The Balaban J connectivity index is 1.68. The molecule has 0 heterocycles. The molecule has 0 bridgehead atoms. The van der Waals surface area contributed by atoms with Gasteiger partial charge in [0.05, 0.1) is 0 Å². The maximum Gasteiger partial charge on any atom is 0.387 e. The van der Waals surface area contributed by atoms with Crippen molar-refractivity contribution in [3.63, 3.8) is 0 Å². The Labute approximate surface area is 189 Å². The van der Waals surface area contributed by atoms with Crippen molar-refractivity contribution in [3.8, 4) is 17.2 Å². The summed E-state index contributed by atoms with van der Waals surface area (Å²) in [4.78, 5) is 0. The summed E-state index contributed by atoms with van der Waals surface area (Å²) in [6, 6.07) is 19.1. The third kappa shape index (κ3) is 6.50. The molecule has 0 unspecified atom stereocenters. The molecule has 0 N–H and O–H groups in total. The van der Waals surface area contributed by atoms with Crippen LogP contribution in [0.1, 0.15) is 37.8 Å². The summed E-state index contributed by atoms with van der Waals surface area (Å²) in [5.41, 5.74) is 1.29. The van der Waals surface area contributed by atoms with Gasteiger partial charge in [0.15, 0.2) is 11.6 Å². The van der Waals surface area contributed by atoms with Crippen molar-refractivity contribution in [1.29, 1.82) is 0 Å². The molecule has 0 radical (unpaired) electrons. The molecule has 31 heavy (non-hydrogen) atoms. The standard InChI is InChI=1S/C25H24BrF3O2/c1-25(2,20-12-11-18(26)16-22(20)31-24(28)29)14-6-7-17-10-13-21(27)23(15-17)30-19-8-4-3-5-9-19/h3-5,8-13,15-16,24H,6-7,14H2,1-2H3. The Morgan fingerprint density at radius 1 is 0.935 bits per heavy atom. The highest BCUT2D eigenvalue weighted by atomic mass is 79.9. The summed E-state index contributed by atoms with van der Waals surface area (Å²) in [6.07, 6.45) is 2.23. The first kappa shape index (κ1) is 23.2. The van der Waals surface area contributed by atoms with E-state index in [1.807, 2.05) is 44.2 Å². The first-order valence-electron chi connectivity index (χ1n) is 10.0. The lowest BCUT2D eigenvalue weighted by atomic mass is 9.79. The fourth-order valence-corrected chi connectivity index (χ4v) is 3.85. The maximum absolute atomic E-state index is 14.2. The average molecular weight is 493 g/mol. The Hall–Kier alpha value is -2.47. The van der Waals surface area contributed by atoms with Gasteiger partial charge in [-0.25, -0.2) is 4.39 Å². The zero-order valence-corrected chi connectivity index (χ0v) is 19.0. The van der Waals surface area contributed by atoms with Crippen LogP contribution in [-0.4, -0.2) is 6.61 Å². The van der Waals surface area contributed by atoms with Crippen LogP contribution in [0.4, 0.5) is 13.2 Å². The van der Waals surface area contributed by atoms with E-state index < -0.39 is 12.4 Å². The van der Waals surface area contributed by atoms with Crippen molar-refractivity contribution in [2.45, 2.75) is 45.1 Å². The predicted octanol–water partition coefficient (Wildman–Crippen LogP) is 8.28. The van der Waals surface area contributed by atoms with Crippen molar-refractivity contribution < 1.29 is 22.6 Å². The van der Waals surface area contributed by atoms with Gasteiger partial charge in [0.1, 0.15) is 11.5 Å². The van der Waals surface area contributed by atoms with Gasteiger partial charge in [0.2, 0.25) is 0 Å². The minimum Gasteiger partial charge on any atom is -0.454 e. The van der Waals surface area contributed by atoms with Crippen LogP contribution in [0, 0.1) is 5.82 Å². The molecule has 0 saturated carbocycles. The Bertz CT molecular complexity index is 1010. The van der Waals surface area contributed by atoms with Crippen molar-refractivity contribution in [2.24, 2.45) is 0 Å². The minimum absolute atomic E-state index is 0.176. The number of para-hydroxylation sites is 1. The summed E-state index contributed by atoms with van der Waals surface area (Å²) >= 11 is 3.31. The van der Waals surface area contributed by atoms with Gasteiger partial charge in [-0.1, -0.05) is 60.1 Å². The lowest BCUT2D eigenvalue weighted by molar-refractivity contribution is -0.0510. The first-order chi connectivity index (χ1) is 14.7. The van der Waals surface area contributed by atoms with Crippen LogP contribution >= 0.6 is 15.9 Å². The molecule has 3 rings (SSSR count). The molecule has 0 aliphatic carbocycles. The first-order valence-corrected chi connectivity index (χ1v) is 10.8. The van der Waals surface area contributed by atoms with Crippen molar-refractivity contribution in [1.82, 2.24) is 0 Å². The van der Waals surface area contributed by atoms with E-state index in [2.05, 4.69) is 15.9 Å². The lowest BCUT2D eigenvalue weighted by Crippen LogP contribution is -2.19. The second-order valence-electron chi connectivity index (χ2n) is 7.94. The zero-order chi connectivity index (χ0) is 22.4. The molecule has 0 saturated heterocycles. The zero-order valence-electron chi connectivity index (χ0n) is 17.4. The topological polar surface area (TPSA) is 18.5 Å². The maximum atomic E-state index is 14.2. The molecule has 6 heteroatoms. The smallest absolute Gasteiger partial charge is 0.387 e. The van der Waals surface area contributed by atoms with E-state index in [0.717, 1.165) is 24.0 Å². The normalized spacial score (nSPS) is 11.6. The molecule has 164 valence electrons. The molecule has 0 aliphatic rings. The largest absolute Gasteiger partial charge is 0.454 e. The summed E-state index contributed by atoms with van der Waals surface area (Å²) < 4.78 is 50.9. The SMILES string of the molecule is CC(C)(CCCc1ccc(F)c(Oc2ccccc2)c1)c1ccc(Br)cc1OC(F)F. The minimum atomic E-state index is -2.88. The molecule has 0 fully saturated rings. The van der Waals surface area contributed by atoms with Crippen LogP contribution in [0.3, 0.4) is 0 Å². The van der Waals surface area contributed by atoms with Crippen LogP contribution in [0.25, 0.3) is 0 Å². The van der Waals surface area contributed by atoms with Crippen molar-refractivity contribution in [2.75, 3.05) is 0 Å². The number of alkyl halides is 2. The molecule has 0 aromatic heterocycles. The number of hydrogen-bond acceptors (Lipinski definition) is 2. The second-order valence-corrected chi connectivity index (χ2v) is 8.85. The molecule has 0 aliphatic heterocycles. The van der Waals surface area contributed by atoms with E-state index >= 15 is 0 Å². The Kier molecular flexibility index (Phi) is 7.65. The number of halogens is 4. The van der Waals surface area contributed by atoms with Crippen LogP contribution < -0.4 is 9.47 Å². The van der Waals surface area contributed by atoms with E-state index in [9.17, 15) is 13.2 Å². The summed E-state index contributed by atoms with van der Waals surface area (Å²) in [5, 5.41) is 0. The van der Waals surface area contributed by atoms with Gasteiger partial charge in [-0.2, -0.15) is 8.78 Å². The summed E-state index contributed by atoms with van der Waals surface area (Å²) in [6.45, 7) is 1.12. The number of rotatable bonds is 9. The van der Waals surface area contributed by atoms with Gasteiger partial charge in [-0.3, -0.25) is 0 Å². The lowest BCUT2D eigenvalue weighted by Gasteiger charge is -2.27. The Morgan fingerprint density at radius 3 is 2.39 bits per heavy atom. The van der Waals surface area contributed by atoms with Crippen molar-refractivity contribution in [3.05, 3.63) is 88.1 Å². The monoisotopic (exact) mass is 492 g/mol. The highest BCUT2D eigenvalue weighted by molar-refractivity contribution is 9.10. The Morgan fingerprint density at radius 2 is 1.68 bits per heavy atom. The van der Waals surface area contributed by atoms with E-state index in [1.165, 1.54) is 6.07 Å². The van der Waals surface area contributed by atoms with Gasteiger partial charge in [0.25, 0.3) is 0 Å². The number of benzene rings is 3. The van der Waals surface area contributed by atoms with E-state index in [1.54, 1.807) is 30.3 Å². The summed E-state index contributed by atoms with van der Waals surface area (Å²) in [5.74, 6) is 0.510. The molecule has 0 amide bonds. The molecule has 3 aromatic carbocycles. The third-order valence-corrected chi connectivity index (χ3v) is 5.62. The average Bonchev–Trinajstić information content (AvgIpc) is 2.70. The molecular formula is C25H24BrF3O2. The second kappa shape index (κ2) is 10.2. The fraction of sp³-hybridized carbons (Fsp3) is 0.280. The quantitative estimate of drug-likeness (QED) is 0.299. The van der Waals surface area contributed by atoms with Crippen LogP contribution in [0.5, 0.6) is 17.2 Å².